The monoisotopic (exact) mass is 493 g/mol. The van der Waals surface area contributed by atoms with Crippen molar-refractivity contribution < 1.29 is 22.7 Å². The number of rotatable bonds is 7. The van der Waals surface area contributed by atoms with Crippen LogP contribution in [-0.2, 0) is 16.6 Å². The van der Waals surface area contributed by atoms with Gasteiger partial charge in [-0.3, -0.25) is 9.59 Å². The Balaban J connectivity index is 1.39. The number of primary amides is 1. The predicted octanol–water partition coefficient (Wildman–Crippen LogP) is 2.82. The Morgan fingerprint density at radius 3 is 2.29 bits per heavy atom. The molecule has 1 fully saturated rings. The lowest BCUT2D eigenvalue weighted by Crippen LogP contribution is -2.50. The number of nitrogens with zero attached hydrogens (tertiary/aromatic N) is 2. The van der Waals surface area contributed by atoms with Gasteiger partial charge < -0.3 is 15.4 Å². The lowest BCUT2D eigenvalue weighted by atomic mass is 10.1. The zero-order chi connectivity index (χ0) is 25.0. The first-order valence-corrected chi connectivity index (χ1v) is 12.7. The molecule has 8 nitrogen and oxygen atoms in total. The summed E-state index contributed by atoms with van der Waals surface area (Å²) in [4.78, 5) is 26.6. The van der Waals surface area contributed by atoms with E-state index in [1.165, 1.54) is 4.31 Å². The van der Waals surface area contributed by atoms with Crippen LogP contribution in [0.5, 0.6) is 5.75 Å². The van der Waals surface area contributed by atoms with Gasteiger partial charge in [-0.2, -0.15) is 4.31 Å². The fourth-order valence-electron chi connectivity index (χ4n) is 3.92. The second-order valence-corrected chi connectivity index (χ2v) is 10.3. The molecule has 0 saturated carbocycles. The summed E-state index contributed by atoms with van der Waals surface area (Å²) in [7, 11) is -3.60. The van der Waals surface area contributed by atoms with Crippen molar-refractivity contribution in [1.82, 2.24) is 9.21 Å². The van der Waals surface area contributed by atoms with Crippen LogP contribution in [0.1, 0.15) is 31.8 Å². The van der Waals surface area contributed by atoms with Gasteiger partial charge in [0.1, 0.15) is 12.4 Å². The quantitative estimate of drug-likeness (QED) is 0.544. The Labute approximate surface area is 205 Å². The van der Waals surface area contributed by atoms with Gasteiger partial charge in [-0.25, -0.2) is 8.42 Å². The van der Waals surface area contributed by atoms with E-state index < -0.39 is 15.9 Å². The van der Waals surface area contributed by atoms with Crippen LogP contribution in [0, 0.1) is 6.92 Å². The number of amides is 2. The second-order valence-electron chi connectivity index (χ2n) is 8.36. The number of benzene rings is 3. The van der Waals surface area contributed by atoms with Gasteiger partial charge in [0.15, 0.2) is 0 Å². The third-order valence-corrected chi connectivity index (χ3v) is 7.82. The number of sulfonamides is 1. The van der Waals surface area contributed by atoms with Gasteiger partial charge >= 0.3 is 0 Å². The molecule has 0 spiro atoms. The number of para-hydroxylation sites is 1. The molecule has 35 heavy (non-hydrogen) atoms. The summed E-state index contributed by atoms with van der Waals surface area (Å²) < 4.78 is 33.0. The topological polar surface area (TPSA) is 110 Å². The van der Waals surface area contributed by atoms with Gasteiger partial charge in [0.05, 0.1) is 10.5 Å². The fraction of sp³-hybridized carbons (Fsp3) is 0.231. The van der Waals surface area contributed by atoms with Crippen LogP contribution in [0.25, 0.3) is 0 Å². The molecule has 0 bridgehead atoms. The molecular formula is C26H27N3O5S. The maximum absolute atomic E-state index is 13.1. The molecule has 0 atom stereocenters. The zero-order valence-electron chi connectivity index (χ0n) is 19.4. The average molecular weight is 494 g/mol. The van der Waals surface area contributed by atoms with Crippen molar-refractivity contribution in [3.63, 3.8) is 0 Å². The maximum Gasteiger partial charge on any atom is 0.253 e. The van der Waals surface area contributed by atoms with Crippen molar-refractivity contribution in [2.75, 3.05) is 26.2 Å². The molecule has 1 aliphatic rings. The smallest absolute Gasteiger partial charge is 0.253 e. The Kier molecular flexibility index (Phi) is 7.18. The van der Waals surface area contributed by atoms with Crippen LogP contribution in [0.3, 0.4) is 0 Å². The minimum atomic E-state index is -3.60. The van der Waals surface area contributed by atoms with Crippen LogP contribution in [0.15, 0.2) is 77.7 Å². The van der Waals surface area contributed by atoms with Crippen molar-refractivity contribution in [2.24, 2.45) is 5.73 Å². The van der Waals surface area contributed by atoms with E-state index in [2.05, 4.69) is 0 Å². The molecule has 4 rings (SSSR count). The number of aryl methyl sites for hydroxylation is 1. The van der Waals surface area contributed by atoms with Gasteiger partial charge in [-0.15, -0.1) is 0 Å². The molecular weight excluding hydrogens is 466 g/mol. The predicted molar refractivity (Wildman–Crippen MR) is 132 cm³/mol. The standard InChI is InChI=1S/C26H27N3O5S/c1-19-9-11-22(12-10-19)35(32,33)29-15-13-28(14-16-29)26(31)21-6-4-5-20(17-21)18-34-24-8-3-2-7-23(24)25(27)30/h2-12,17H,13-16,18H2,1H3,(H2,27,30). The van der Waals surface area contributed by atoms with Crippen molar-refractivity contribution in [3.8, 4) is 5.75 Å². The average Bonchev–Trinajstić information content (AvgIpc) is 2.87. The Morgan fingerprint density at radius 1 is 0.914 bits per heavy atom. The summed E-state index contributed by atoms with van der Waals surface area (Å²) in [6.07, 6.45) is 0. The maximum atomic E-state index is 13.1. The largest absolute Gasteiger partial charge is 0.488 e. The molecule has 0 unspecified atom stereocenters. The molecule has 2 amide bonds. The van der Waals surface area contributed by atoms with Crippen LogP contribution in [0.4, 0.5) is 0 Å². The third kappa shape index (κ3) is 5.52. The van der Waals surface area contributed by atoms with E-state index in [4.69, 9.17) is 10.5 Å². The van der Waals surface area contributed by atoms with E-state index in [0.29, 0.717) is 24.4 Å². The highest BCUT2D eigenvalue weighted by Gasteiger charge is 2.30. The zero-order valence-corrected chi connectivity index (χ0v) is 20.2. The minimum absolute atomic E-state index is 0.161. The van der Waals surface area contributed by atoms with Crippen molar-refractivity contribution in [2.45, 2.75) is 18.4 Å². The Hall–Kier alpha value is -3.69. The first-order valence-electron chi connectivity index (χ1n) is 11.2. The fourth-order valence-corrected chi connectivity index (χ4v) is 5.35. The van der Waals surface area contributed by atoms with Crippen LogP contribution in [0.2, 0.25) is 0 Å². The van der Waals surface area contributed by atoms with Gasteiger partial charge in [0.2, 0.25) is 10.0 Å². The van der Waals surface area contributed by atoms with Gasteiger partial charge in [0, 0.05) is 31.7 Å². The highest BCUT2D eigenvalue weighted by atomic mass is 32.2. The van der Waals surface area contributed by atoms with Gasteiger partial charge in [-0.1, -0.05) is 42.0 Å². The van der Waals surface area contributed by atoms with E-state index in [1.807, 2.05) is 13.0 Å². The number of carbonyl (C=O) groups is 2. The van der Waals surface area contributed by atoms with Crippen molar-refractivity contribution in [1.29, 1.82) is 0 Å². The molecule has 0 aromatic heterocycles. The molecule has 182 valence electrons. The summed E-state index contributed by atoms with van der Waals surface area (Å²) in [5.74, 6) is -0.368. The van der Waals surface area contributed by atoms with E-state index in [9.17, 15) is 18.0 Å². The van der Waals surface area contributed by atoms with Crippen molar-refractivity contribution in [3.05, 3.63) is 95.1 Å². The van der Waals surface area contributed by atoms with Crippen LogP contribution >= 0.6 is 0 Å². The first kappa shape index (κ1) is 24.4. The molecule has 1 saturated heterocycles. The van der Waals surface area contributed by atoms with E-state index in [-0.39, 0.29) is 36.1 Å². The summed E-state index contributed by atoms with van der Waals surface area (Å²) in [5.41, 5.74) is 7.93. The lowest BCUT2D eigenvalue weighted by molar-refractivity contribution is 0.0697. The highest BCUT2D eigenvalue weighted by molar-refractivity contribution is 7.89. The first-order chi connectivity index (χ1) is 16.8. The highest BCUT2D eigenvalue weighted by Crippen LogP contribution is 2.21. The molecule has 0 aliphatic carbocycles. The minimum Gasteiger partial charge on any atom is -0.488 e. The number of hydrogen-bond acceptors (Lipinski definition) is 5. The molecule has 0 radical (unpaired) electrons. The number of carbonyl (C=O) groups excluding carboxylic acids is 2. The summed E-state index contributed by atoms with van der Waals surface area (Å²) in [6.45, 7) is 3.13. The van der Waals surface area contributed by atoms with Crippen LogP contribution in [-0.4, -0.2) is 55.6 Å². The van der Waals surface area contributed by atoms with Gasteiger partial charge in [0.25, 0.3) is 11.8 Å². The van der Waals surface area contributed by atoms with Crippen LogP contribution < -0.4 is 10.5 Å². The molecule has 9 heteroatoms. The molecule has 3 aromatic rings. The Morgan fingerprint density at radius 2 is 1.60 bits per heavy atom. The van der Waals surface area contributed by atoms with Crippen molar-refractivity contribution >= 4 is 21.8 Å². The third-order valence-electron chi connectivity index (χ3n) is 5.91. The lowest BCUT2D eigenvalue weighted by Gasteiger charge is -2.34. The summed E-state index contributed by atoms with van der Waals surface area (Å²) >= 11 is 0. The molecule has 2 N–H and O–H groups in total. The summed E-state index contributed by atoms with van der Waals surface area (Å²) in [5, 5.41) is 0. The Bertz CT molecular complexity index is 1330. The SMILES string of the molecule is Cc1ccc(S(=O)(=O)N2CCN(C(=O)c3cccc(COc4ccccc4C(N)=O)c3)CC2)cc1. The van der Waals surface area contributed by atoms with E-state index in [1.54, 1.807) is 71.6 Å². The molecule has 1 heterocycles. The number of nitrogens with two attached hydrogens (primary N) is 1. The molecule has 1 aliphatic heterocycles. The van der Waals surface area contributed by atoms with E-state index in [0.717, 1.165) is 11.1 Å². The van der Waals surface area contributed by atoms with E-state index >= 15 is 0 Å². The summed E-state index contributed by atoms with van der Waals surface area (Å²) in [6, 6.07) is 20.5. The number of piperazine rings is 1. The number of ether oxygens (including phenoxy) is 1. The normalized spacial score (nSPS) is 14.5. The van der Waals surface area contributed by atoms with Gasteiger partial charge in [-0.05, 0) is 48.9 Å². The second kappa shape index (κ2) is 10.3. The molecule has 3 aromatic carbocycles. The number of hydrogen-bond donors (Lipinski definition) is 1.